The normalized spacial score (nSPS) is 11.8. The molecular weight excluding hydrogens is 376 g/mol. The predicted molar refractivity (Wildman–Crippen MR) is 108 cm³/mol. The Bertz CT molecular complexity index is 927. The van der Waals surface area contributed by atoms with Crippen molar-refractivity contribution in [2.24, 2.45) is 0 Å². The van der Waals surface area contributed by atoms with Gasteiger partial charge in [0.1, 0.15) is 17.6 Å². The molecule has 146 valence electrons. The molecule has 0 aliphatic heterocycles. The highest BCUT2D eigenvalue weighted by molar-refractivity contribution is 6.30. The maximum Gasteiger partial charge on any atom is 0.220 e. The average molecular weight is 399 g/mol. The van der Waals surface area contributed by atoms with E-state index in [0.29, 0.717) is 36.1 Å². The van der Waals surface area contributed by atoms with Crippen molar-refractivity contribution in [2.45, 2.75) is 32.7 Å². The van der Waals surface area contributed by atoms with Gasteiger partial charge in [0.15, 0.2) is 5.82 Å². The van der Waals surface area contributed by atoms with Crippen molar-refractivity contribution in [2.75, 3.05) is 6.61 Å². The SMILES string of the molecule is Cc1nc(C(NC(=O)CCCOc2ccc(Cl)cc2C)c2ccccc2)n[nH]1. The molecule has 1 amide bonds. The Labute approximate surface area is 169 Å². The molecule has 1 unspecified atom stereocenters. The van der Waals surface area contributed by atoms with E-state index in [0.717, 1.165) is 16.9 Å². The summed E-state index contributed by atoms with van der Waals surface area (Å²) in [5.41, 5.74) is 1.91. The molecule has 3 aromatic rings. The Hall–Kier alpha value is -2.86. The molecule has 0 saturated carbocycles. The number of aromatic nitrogens is 3. The summed E-state index contributed by atoms with van der Waals surface area (Å²) in [5.74, 6) is 1.96. The highest BCUT2D eigenvalue weighted by Crippen LogP contribution is 2.22. The third-order valence-electron chi connectivity index (χ3n) is 4.25. The quantitative estimate of drug-likeness (QED) is 0.559. The number of hydrogen-bond donors (Lipinski definition) is 2. The lowest BCUT2D eigenvalue weighted by molar-refractivity contribution is -0.121. The number of ether oxygens (including phenoxy) is 1. The zero-order valence-electron chi connectivity index (χ0n) is 15.9. The van der Waals surface area contributed by atoms with Crippen molar-refractivity contribution in [1.29, 1.82) is 0 Å². The minimum Gasteiger partial charge on any atom is -0.493 e. The van der Waals surface area contributed by atoms with Crippen molar-refractivity contribution >= 4 is 17.5 Å². The number of rotatable bonds is 8. The summed E-state index contributed by atoms with van der Waals surface area (Å²) in [6, 6.07) is 14.8. The predicted octanol–water partition coefficient (Wildman–Crippen LogP) is 4.14. The molecule has 2 N–H and O–H groups in total. The number of aryl methyl sites for hydroxylation is 2. The lowest BCUT2D eigenvalue weighted by atomic mass is 10.1. The fraction of sp³-hybridized carbons (Fsp3) is 0.286. The molecule has 0 saturated heterocycles. The van der Waals surface area contributed by atoms with Gasteiger partial charge in [-0.2, -0.15) is 5.10 Å². The Morgan fingerprint density at radius 1 is 1.21 bits per heavy atom. The van der Waals surface area contributed by atoms with E-state index in [1.54, 1.807) is 6.07 Å². The number of aromatic amines is 1. The van der Waals surface area contributed by atoms with Crippen LogP contribution in [-0.2, 0) is 4.79 Å². The summed E-state index contributed by atoms with van der Waals surface area (Å²) in [5, 5.41) is 10.7. The summed E-state index contributed by atoms with van der Waals surface area (Å²) in [7, 11) is 0. The van der Waals surface area contributed by atoms with Crippen LogP contribution in [0.4, 0.5) is 0 Å². The zero-order chi connectivity index (χ0) is 19.9. The van der Waals surface area contributed by atoms with Crippen LogP contribution in [-0.4, -0.2) is 27.7 Å². The molecular formula is C21H23ClN4O2. The number of nitrogens with zero attached hydrogens (tertiary/aromatic N) is 2. The largest absolute Gasteiger partial charge is 0.493 e. The molecule has 2 aromatic carbocycles. The lowest BCUT2D eigenvalue weighted by Gasteiger charge is -2.16. The van der Waals surface area contributed by atoms with Gasteiger partial charge in [-0.1, -0.05) is 41.9 Å². The number of benzene rings is 2. The molecule has 0 radical (unpaired) electrons. The molecule has 1 heterocycles. The summed E-state index contributed by atoms with van der Waals surface area (Å²) in [6.45, 7) is 4.22. The van der Waals surface area contributed by atoms with Crippen LogP contribution in [0.25, 0.3) is 0 Å². The monoisotopic (exact) mass is 398 g/mol. The molecule has 7 heteroatoms. The fourth-order valence-corrected chi connectivity index (χ4v) is 3.08. The number of halogens is 1. The Morgan fingerprint density at radius 3 is 2.68 bits per heavy atom. The first kappa shape index (κ1) is 19.9. The average Bonchev–Trinajstić information content (AvgIpc) is 3.11. The topological polar surface area (TPSA) is 79.9 Å². The molecule has 0 aliphatic rings. The van der Waals surface area contributed by atoms with Crippen molar-refractivity contribution in [1.82, 2.24) is 20.5 Å². The van der Waals surface area contributed by atoms with E-state index in [1.165, 1.54) is 0 Å². The summed E-state index contributed by atoms with van der Waals surface area (Å²) in [6.07, 6.45) is 0.946. The van der Waals surface area contributed by atoms with Crippen LogP contribution >= 0.6 is 11.6 Å². The van der Waals surface area contributed by atoms with Crippen LogP contribution in [0.5, 0.6) is 5.75 Å². The van der Waals surface area contributed by atoms with E-state index in [2.05, 4.69) is 20.5 Å². The maximum atomic E-state index is 12.5. The summed E-state index contributed by atoms with van der Waals surface area (Å²) >= 11 is 5.95. The summed E-state index contributed by atoms with van der Waals surface area (Å²) < 4.78 is 5.75. The highest BCUT2D eigenvalue weighted by atomic mass is 35.5. The van der Waals surface area contributed by atoms with E-state index < -0.39 is 6.04 Å². The molecule has 1 aromatic heterocycles. The Balaban J connectivity index is 1.55. The second-order valence-electron chi connectivity index (χ2n) is 6.55. The first-order valence-electron chi connectivity index (χ1n) is 9.15. The van der Waals surface area contributed by atoms with E-state index in [4.69, 9.17) is 16.3 Å². The first-order valence-corrected chi connectivity index (χ1v) is 9.53. The lowest BCUT2D eigenvalue weighted by Crippen LogP contribution is -2.30. The van der Waals surface area contributed by atoms with Crippen LogP contribution in [0, 0.1) is 13.8 Å². The number of carbonyl (C=O) groups is 1. The standard InChI is InChI=1S/C21H23ClN4O2/c1-14-13-17(22)10-11-18(14)28-12-6-9-19(27)24-20(16-7-4-3-5-8-16)21-23-15(2)25-26-21/h3-5,7-8,10-11,13,20H,6,9,12H2,1-2H3,(H,24,27)(H,23,25,26). The van der Waals surface area contributed by atoms with Crippen LogP contribution < -0.4 is 10.1 Å². The molecule has 28 heavy (non-hydrogen) atoms. The van der Waals surface area contributed by atoms with Crippen molar-refractivity contribution in [3.63, 3.8) is 0 Å². The van der Waals surface area contributed by atoms with Gasteiger partial charge in [0.05, 0.1) is 6.61 Å². The molecule has 0 spiro atoms. The van der Waals surface area contributed by atoms with Gasteiger partial charge in [-0.15, -0.1) is 0 Å². The third-order valence-corrected chi connectivity index (χ3v) is 4.49. The minimum atomic E-state index is -0.391. The molecule has 0 fully saturated rings. The van der Waals surface area contributed by atoms with E-state index in [1.807, 2.05) is 56.3 Å². The molecule has 1 atom stereocenters. The van der Waals surface area contributed by atoms with Gasteiger partial charge < -0.3 is 10.1 Å². The van der Waals surface area contributed by atoms with Gasteiger partial charge in [0.2, 0.25) is 5.91 Å². The third kappa shape index (κ3) is 5.33. The highest BCUT2D eigenvalue weighted by Gasteiger charge is 2.20. The van der Waals surface area contributed by atoms with Crippen molar-refractivity contribution in [3.05, 3.63) is 76.3 Å². The Kier molecular flexibility index (Phi) is 6.66. The first-order chi connectivity index (χ1) is 13.5. The van der Waals surface area contributed by atoms with Crippen LogP contribution in [0.3, 0.4) is 0 Å². The second kappa shape index (κ2) is 9.37. The van der Waals surface area contributed by atoms with Gasteiger partial charge in [0, 0.05) is 11.4 Å². The zero-order valence-corrected chi connectivity index (χ0v) is 16.7. The van der Waals surface area contributed by atoms with Crippen LogP contribution in [0.1, 0.15) is 41.7 Å². The number of H-pyrrole nitrogens is 1. The number of nitrogens with one attached hydrogen (secondary N) is 2. The van der Waals surface area contributed by atoms with Gasteiger partial charge in [-0.25, -0.2) is 4.98 Å². The van der Waals surface area contributed by atoms with Gasteiger partial charge in [-0.3, -0.25) is 9.89 Å². The smallest absolute Gasteiger partial charge is 0.220 e. The molecule has 3 rings (SSSR count). The number of hydrogen-bond acceptors (Lipinski definition) is 4. The van der Waals surface area contributed by atoms with Gasteiger partial charge in [-0.05, 0) is 49.6 Å². The molecule has 0 bridgehead atoms. The van der Waals surface area contributed by atoms with E-state index in [-0.39, 0.29) is 5.91 Å². The van der Waals surface area contributed by atoms with Gasteiger partial charge >= 0.3 is 0 Å². The summed E-state index contributed by atoms with van der Waals surface area (Å²) in [4.78, 5) is 16.9. The van der Waals surface area contributed by atoms with Crippen LogP contribution in [0.2, 0.25) is 5.02 Å². The van der Waals surface area contributed by atoms with Crippen molar-refractivity contribution < 1.29 is 9.53 Å². The van der Waals surface area contributed by atoms with E-state index in [9.17, 15) is 4.79 Å². The fourth-order valence-electron chi connectivity index (χ4n) is 2.85. The Morgan fingerprint density at radius 2 is 2.00 bits per heavy atom. The molecule has 0 aliphatic carbocycles. The molecule has 6 nitrogen and oxygen atoms in total. The maximum absolute atomic E-state index is 12.5. The van der Waals surface area contributed by atoms with E-state index >= 15 is 0 Å². The number of amides is 1. The van der Waals surface area contributed by atoms with Gasteiger partial charge in [0.25, 0.3) is 0 Å². The minimum absolute atomic E-state index is 0.0762. The number of carbonyl (C=O) groups excluding carboxylic acids is 1. The van der Waals surface area contributed by atoms with Crippen LogP contribution in [0.15, 0.2) is 48.5 Å². The van der Waals surface area contributed by atoms with Crippen molar-refractivity contribution in [3.8, 4) is 5.75 Å². The second-order valence-corrected chi connectivity index (χ2v) is 6.99.